The van der Waals surface area contributed by atoms with Crippen molar-refractivity contribution in [2.75, 3.05) is 18.5 Å². The third-order valence-corrected chi connectivity index (χ3v) is 3.98. The summed E-state index contributed by atoms with van der Waals surface area (Å²) in [4.78, 5) is 11.5. The Morgan fingerprint density at radius 3 is 2.45 bits per heavy atom. The Labute approximate surface area is 118 Å². The lowest BCUT2D eigenvalue weighted by Crippen LogP contribution is -2.22. The van der Waals surface area contributed by atoms with Crippen LogP contribution < -0.4 is 5.32 Å². The number of rotatable bonds is 7. The lowest BCUT2D eigenvalue weighted by atomic mass is 10.0. The third-order valence-electron chi connectivity index (χ3n) is 3.98. The Morgan fingerprint density at radius 1 is 1.30 bits per heavy atom. The van der Waals surface area contributed by atoms with Crippen LogP contribution in [0.4, 0.5) is 5.82 Å². The first-order chi connectivity index (χ1) is 9.56. The molecule has 0 saturated heterocycles. The second-order valence-electron chi connectivity index (χ2n) is 5.37. The van der Waals surface area contributed by atoms with Gasteiger partial charge in [0.15, 0.2) is 5.82 Å². The van der Waals surface area contributed by atoms with Crippen LogP contribution >= 0.6 is 0 Å². The first-order valence-electron chi connectivity index (χ1n) is 7.03. The molecular formula is C14H21N3O3. The molecule has 1 aliphatic carbocycles. The van der Waals surface area contributed by atoms with E-state index in [1.54, 1.807) is 0 Å². The Kier molecular flexibility index (Phi) is 4.23. The predicted octanol–water partition coefficient (Wildman–Crippen LogP) is 1.48. The summed E-state index contributed by atoms with van der Waals surface area (Å²) in [5, 5.41) is 29.9. The van der Waals surface area contributed by atoms with E-state index in [1.807, 2.05) is 13.8 Å². The van der Waals surface area contributed by atoms with Gasteiger partial charge < -0.3 is 15.5 Å². The monoisotopic (exact) mass is 279 g/mol. The average molecular weight is 279 g/mol. The molecule has 1 saturated carbocycles. The number of anilines is 1. The van der Waals surface area contributed by atoms with Gasteiger partial charge in [0.2, 0.25) is 0 Å². The van der Waals surface area contributed by atoms with Crippen molar-refractivity contribution in [3.05, 3.63) is 16.8 Å². The van der Waals surface area contributed by atoms with Crippen molar-refractivity contribution in [1.82, 2.24) is 10.2 Å². The van der Waals surface area contributed by atoms with Crippen LogP contribution in [0.5, 0.6) is 0 Å². The number of nitrogens with zero attached hydrogens (tertiary/aromatic N) is 2. The molecule has 0 atom stereocenters. The van der Waals surface area contributed by atoms with Crippen LogP contribution in [0.25, 0.3) is 0 Å². The summed E-state index contributed by atoms with van der Waals surface area (Å²) in [6, 6.07) is 0. The number of hydrogen-bond acceptors (Lipinski definition) is 5. The number of carboxylic acids is 1. The highest BCUT2D eigenvalue weighted by Crippen LogP contribution is 2.45. The molecular weight excluding hydrogens is 258 g/mol. The molecule has 3 N–H and O–H groups in total. The Morgan fingerprint density at radius 2 is 2.00 bits per heavy atom. The molecule has 1 aromatic rings. The first kappa shape index (κ1) is 14.7. The van der Waals surface area contributed by atoms with Crippen LogP contribution in [0, 0.1) is 5.41 Å². The molecule has 0 bridgehead atoms. The fraction of sp³-hybridized carbons (Fsp3) is 0.643. The second-order valence-corrected chi connectivity index (χ2v) is 5.37. The minimum Gasteiger partial charge on any atom is -0.478 e. The number of aliphatic hydroxyl groups excluding tert-OH is 1. The molecule has 1 aliphatic rings. The average Bonchev–Trinajstić information content (AvgIpc) is 3.24. The SMILES string of the molecule is CCc1nnc(NCC2(CO)CC2)c(C(=O)O)c1CC. The zero-order valence-corrected chi connectivity index (χ0v) is 11.9. The number of carbonyl (C=O) groups is 1. The molecule has 20 heavy (non-hydrogen) atoms. The van der Waals surface area contributed by atoms with Gasteiger partial charge in [-0.2, -0.15) is 5.10 Å². The van der Waals surface area contributed by atoms with Crippen molar-refractivity contribution < 1.29 is 15.0 Å². The summed E-state index contributed by atoms with van der Waals surface area (Å²) >= 11 is 0. The van der Waals surface area contributed by atoms with E-state index in [9.17, 15) is 15.0 Å². The van der Waals surface area contributed by atoms with Crippen LogP contribution in [0.3, 0.4) is 0 Å². The van der Waals surface area contributed by atoms with Gasteiger partial charge in [-0.15, -0.1) is 5.10 Å². The van der Waals surface area contributed by atoms with Gasteiger partial charge >= 0.3 is 5.97 Å². The molecule has 6 nitrogen and oxygen atoms in total. The second kappa shape index (κ2) is 5.75. The molecule has 0 aromatic carbocycles. The highest BCUT2D eigenvalue weighted by atomic mass is 16.4. The molecule has 1 aromatic heterocycles. The quantitative estimate of drug-likeness (QED) is 0.700. The third kappa shape index (κ3) is 2.75. The Hall–Kier alpha value is -1.69. The maximum Gasteiger partial charge on any atom is 0.339 e. The van der Waals surface area contributed by atoms with E-state index in [4.69, 9.17) is 0 Å². The molecule has 0 aliphatic heterocycles. The maximum absolute atomic E-state index is 11.5. The van der Waals surface area contributed by atoms with Gasteiger partial charge in [0.1, 0.15) is 5.56 Å². The maximum atomic E-state index is 11.5. The minimum atomic E-state index is -0.984. The van der Waals surface area contributed by atoms with Gasteiger partial charge in [-0.25, -0.2) is 4.79 Å². The summed E-state index contributed by atoms with van der Waals surface area (Å²) in [6.45, 7) is 4.51. The molecule has 0 spiro atoms. The zero-order valence-electron chi connectivity index (χ0n) is 11.9. The van der Waals surface area contributed by atoms with Crippen LogP contribution in [-0.4, -0.2) is 39.5 Å². The van der Waals surface area contributed by atoms with E-state index >= 15 is 0 Å². The fourth-order valence-electron chi connectivity index (χ4n) is 2.37. The predicted molar refractivity (Wildman–Crippen MR) is 75.0 cm³/mol. The topological polar surface area (TPSA) is 95.3 Å². The Balaban J connectivity index is 2.30. The van der Waals surface area contributed by atoms with E-state index < -0.39 is 5.97 Å². The number of aliphatic hydroxyl groups is 1. The lowest BCUT2D eigenvalue weighted by molar-refractivity contribution is 0.0696. The van der Waals surface area contributed by atoms with Crippen molar-refractivity contribution in [2.24, 2.45) is 5.41 Å². The van der Waals surface area contributed by atoms with Gasteiger partial charge in [-0.05, 0) is 31.2 Å². The van der Waals surface area contributed by atoms with Gasteiger partial charge in [-0.3, -0.25) is 0 Å². The molecule has 0 amide bonds. The van der Waals surface area contributed by atoms with Crippen molar-refractivity contribution >= 4 is 11.8 Å². The van der Waals surface area contributed by atoms with Gasteiger partial charge in [-0.1, -0.05) is 13.8 Å². The number of carboxylic acid groups (broad SMARTS) is 1. The summed E-state index contributed by atoms with van der Waals surface area (Å²) in [6.07, 6.45) is 3.19. The smallest absolute Gasteiger partial charge is 0.339 e. The molecule has 2 rings (SSSR count). The summed E-state index contributed by atoms with van der Waals surface area (Å²) in [5.74, 6) is -0.672. The number of aryl methyl sites for hydroxylation is 1. The number of aromatic carboxylic acids is 1. The van der Waals surface area contributed by atoms with Crippen molar-refractivity contribution in [3.63, 3.8) is 0 Å². The summed E-state index contributed by atoms with van der Waals surface area (Å²) < 4.78 is 0. The number of hydrogen-bond donors (Lipinski definition) is 3. The Bertz CT molecular complexity index is 513. The van der Waals surface area contributed by atoms with Crippen LogP contribution in [0.15, 0.2) is 0 Å². The van der Waals surface area contributed by atoms with E-state index in [-0.39, 0.29) is 17.6 Å². The normalized spacial score (nSPS) is 15.9. The summed E-state index contributed by atoms with van der Waals surface area (Å²) in [5.41, 5.74) is 1.59. The molecule has 0 unspecified atom stereocenters. The molecule has 1 heterocycles. The fourth-order valence-corrected chi connectivity index (χ4v) is 2.37. The molecule has 0 radical (unpaired) electrons. The van der Waals surface area contributed by atoms with Gasteiger partial charge in [0.05, 0.1) is 12.3 Å². The van der Waals surface area contributed by atoms with Gasteiger partial charge in [0, 0.05) is 12.0 Å². The van der Waals surface area contributed by atoms with E-state index in [0.717, 1.165) is 24.1 Å². The van der Waals surface area contributed by atoms with Crippen molar-refractivity contribution in [3.8, 4) is 0 Å². The van der Waals surface area contributed by atoms with Gasteiger partial charge in [0.25, 0.3) is 0 Å². The van der Waals surface area contributed by atoms with E-state index in [2.05, 4.69) is 15.5 Å². The lowest BCUT2D eigenvalue weighted by Gasteiger charge is -2.16. The van der Waals surface area contributed by atoms with E-state index in [1.165, 1.54) is 0 Å². The van der Waals surface area contributed by atoms with Crippen LogP contribution in [-0.2, 0) is 12.8 Å². The minimum absolute atomic E-state index is 0.104. The van der Waals surface area contributed by atoms with Crippen molar-refractivity contribution in [2.45, 2.75) is 39.5 Å². The molecule has 1 fully saturated rings. The van der Waals surface area contributed by atoms with Crippen molar-refractivity contribution in [1.29, 1.82) is 0 Å². The van der Waals surface area contributed by atoms with E-state index in [0.29, 0.717) is 25.2 Å². The summed E-state index contributed by atoms with van der Waals surface area (Å²) in [7, 11) is 0. The van der Waals surface area contributed by atoms with Crippen LogP contribution in [0.1, 0.15) is 48.3 Å². The standard InChI is InChI=1S/C14H21N3O3/c1-3-9-10(4-2)16-17-12(11(9)13(19)20)15-7-14(8-18)5-6-14/h18H,3-8H2,1-2H3,(H,15,17)(H,19,20). The zero-order chi connectivity index (χ0) is 14.8. The first-order valence-corrected chi connectivity index (χ1v) is 7.03. The number of nitrogens with one attached hydrogen (secondary N) is 1. The molecule has 110 valence electrons. The van der Waals surface area contributed by atoms with Crippen LogP contribution in [0.2, 0.25) is 0 Å². The molecule has 6 heteroatoms. The largest absolute Gasteiger partial charge is 0.478 e. The highest BCUT2D eigenvalue weighted by molar-refractivity contribution is 5.95. The highest BCUT2D eigenvalue weighted by Gasteiger charge is 2.42. The number of aromatic nitrogens is 2.